The molecule has 0 spiro atoms. The van der Waals surface area contributed by atoms with E-state index in [1.165, 1.54) is 0 Å². The van der Waals surface area contributed by atoms with Crippen molar-refractivity contribution in [3.63, 3.8) is 0 Å². The van der Waals surface area contributed by atoms with E-state index in [0.29, 0.717) is 37.5 Å². The van der Waals surface area contributed by atoms with Gasteiger partial charge >= 0.3 is 0 Å². The van der Waals surface area contributed by atoms with Gasteiger partial charge in [0.05, 0.1) is 51.5 Å². The van der Waals surface area contributed by atoms with E-state index in [-0.39, 0.29) is 13.1 Å². The SMILES string of the molecule is CC1(C)C(=CC=CC=CC=CC2=[N+](CCC(=O)N(CC(=O)N[C@H]3[C@@H](O)[C@H](O)[C@H](CO)O[C@@H]3O)CC(=O)N[C@H]3[C@@H](O)[C@H](O)[C@H](CO)O[C@@H]3O)c3ccc4ccccc4c3C2(C)C)N(CCC(=O)N(CC(=O)N(CC(=O)N[C@H]2[C@@H](O)[C@H](O)[C@H](CO)O[C@H]2O)CC(=O)N[C@H]2[C@@H](O)[C@@H](O)[C@H](CO)O[C@@H]2O)CC(=O)N(CC(=O)N[C@@H]2[C@@H](O)O[C@@H](CO)C(O)[C@@H]2O)CC(=O)N[C@H]2[C@@H](O)[C@H](O)[C@H](CO)O[C@@H]2O)c2ccc3ccccc3c21. The van der Waals surface area contributed by atoms with Crippen molar-refractivity contribution in [2.24, 2.45) is 0 Å². The number of aliphatic hydroxyl groups excluding tert-OH is 24. The monoisotopic (exact) mass is 2050 g/mol. The first-order valence-electron chi connectivity index (χ1n) is 46.6. The van der Waals surface area contributed by atoms with E-state index >= 15 is 14.4 Å². The fraction of sp³-hybridized carbons (Fsp3) is 0.581. The van der Waals surface area contributed by atoms with E-state index < -0.39 is 359 Å². The number of fused-ring (bicyclic) bond motifs is 6. The van der Waals surface area contributed by atoms with Crippen LogP contribution in [0.2, 0.25) is 0 Å². The lowest BCUT2D eigenvalue weighted by Gasteiger charge is -2.41. The van der Waals surface area contributed by atoms with Crippen molar-refractivity contribution in [2.45, 2.75) is 235 Å². The molecule has 4 aromatic rings. The Labute approximate surface area is 826 Å². The van der Waals surface area contributed by atoms with Crippen molar-refractivity contribution in [1.82, 2.24) is 51.5 Å². The molecule has 52 heteroatoms. The molecule has 4 aromatic carbocycles. The molecule has 8 aliphatic heterocycles. The summed E-state index contributed by atoms with van der Waals surface area (Å²) >= 11 is 0. The van der Waals surface area contributed by atoms with Crippen molar-refractivity contribution >= 4 is 97.7 Å². The highest BCUT2D eigenvalue weighted by Gasteiger charge is 2.54. The van der Waals surface area contributed by atoms with Crippen LogP contribution in [0.5, 0.6) is 0 Å². The van der Waals surface area contributed by atoms with Crippen LogP contribution in [0.3, 0.4) is 0 Å². The van der Waals surface area contributed by atoms with Gasteiger partial charge in [-0.25, -0.2) is 0 Å². The van der Waals surface area contributed by atoms with Gasteiger partial charge in [-0.05, 0) is 59.2 Å². The lowest BCUT2D eigenvalue weighted by molar-refractivity contribution is -0.436. The first kappa shape index (κ1) is 113. The van der Waals surface area contributed by atoms with Gasteiger partial charge in [-0.15, -0.1) is 0 Å². The van der Waals surface area contributed by atoms with E-state index in [2.05, 4.69) is 31.9 Å². The number of hydrogen-bond acceptors (Lipinski definition) is 41. The second-order valence-corrected chi connectivity index (χ2v) is 37.4. The van der Waals surface area contributed by atoms with Gasteiger partial charge in [-0.2, -0.15) is 4.58 Å². The number of benzene rings is 4. The van der Waals surface area contributed by atoms with Crippen LogP contribution < -0.4 is 36.8 Å². The van der Waals surface area contributed by atoms with Gasteiger partial charge in [-0.3, -0.25) is 47.9 Å². The van der Waals surface area contributed by atoms with Gasteiger partial charge in [0.15, 0.2) is 50.0 Å². The Morgan fingerprint density at radius 2 is 0.614 bits per heavy atom. The summed E-state index contributed by atoms with van der Waals surface area (Å²) in [6.45, 7) is -8.48. The van der Waals surface area contributed by atoms with Gasteiger partial charge in [0, 0.05) is 47.5 Å². The van der Waals surface area contributed by atoms with E-state index in [4.69, 9.17) is 28.4 Å². The number of rotatable bonds is 38. The number of aliphatic hydroxyl groups is 24. The average Bonchev–Trinajstić information content (AvgIpc) is 1.57. The molecule has 6 fully saturated rings. The minimum atomic E-state index is -2.19. The van der Waals surface area contributed by atoms with Crippen molar-refractivity contribution in [2.75, 3.05) is 110 Å². The van der Waals surface area contributed by atoms with Gasteiger partial charge in [-0.1, -0.05) is 98.8 Å². The summed E-state index contributed by atoms with van der Waals surface area (Å²) in [6.07, 6.45) is -35.2. The van der Waals surface area contributed by atoms with Crippen molar-refractivity contribution in [1.29, 1.82) is 0 Å². The number of nitrogens with zero attached hydrogens (tertiary/aromatic N) is 6. The molecule has 0 aliphatic carbocycles. The lowest BCUT2D eigenvalue weighted by Crippen LogP contribution is -2.66. The fourth-order valence-corrected chi connectivity index (χ4v) is 19.2. The molecule has 0 saturated carbocycles. The first-order valence-corrected chi connectivity index (χ1v) is 46.6. The second kappa shape index (κ2) is 49.0. The Morgan fingerprint density at radius 1 is 0.331 bits per heavy atom. The summed E-state index contributed by atoms with van der Waals surface area (Å²) in [5.41, 5.74) is 2.00. The quantitative estimate of drug-likeness (QED) is 0.0146. The van der Waals surface area contributed by atoms with Crippen molar-refractivity contribution in [3.8, 4) is 0 Å². The molecule has 1 unspecified atom stereocenters. The molecule has 0 aromatic heterocycles. The third kappa shape index (κ3) is 25.3. The van der Waals surface area contributed by atoms with Crippen LogP contribution in [0.25, 0.3) is 21.5 Å². The van der Waals surface area contributed by atoms with Crippen LogP contribution in [-0.4, -0.2) is 500 Å². The summed E-state index contributed by atoms with van der Waals surface area (Å²) in [6, 6.07) is 10.8. The van der Waals surface area contributed by atoms with Crippen LogP contribution in [0.1, 0.15) is 51.7 Å². The molecule has 52 nitrogen and oxygen atoms in total. The number of anilines is 1. The number of allylic oxidation sites excluding steroid dienone is 8. The summed E-state index contributed by atoms with van der Waals surface area (Å²) < 4.78 is 33.0. The number of carbonyl (C=O) groups is 10. The summed E-state index contributed by atoms with van der Waals surface area (Å²) in [4.78, 5) is 151. The van der Waals surface area contributed by atoms with Crippen LogP contribution >= 0.6 is 0 Å². The van der Waals surface area contributed by atoms with Crippen molar-refractivity contribution in [3.05, 3.63) is 132 Å². The van der Waals surface area contributed by atoms with E-state index in [1.54, 1.807) is 71.7 Å². The van der Waals surface area contributed by atoms with Crippen LogP contribution in [0.15, 0.2) is 121 Å². The lowest BCUT2D eigenvalue weighted by atomic mass is 9.79. The number of ether oxygens (including phenoxy) is 6. The average molecular weight is 2050 g/mol. The minimum absolute atomic E-state index is 0.145. The fourth-order valence-electron chi connectivity index (χ4n) is 19.2. The standard InChI is InChI=1S/C93H126N12O40/c1-92(2)54(104(46-22-20-42-14-10-12-16-44(42)66(46)92)26-24-62(118)100(28-56(112)94-68-80(128)74(122)48(36-106)140-86(68)134)29-57(113)95-69-81(129)75(123)49(37-107)141-87(69)135)18-8-6-5-7-9-19-55-93(3,4)67-45-17-13-11-15-43(45)21-23-47(67)105(55)27-25-63(119)103(34-64(120)101(30-58(114)96-70-82(130)76(124)50(38-108)142-88(70)136)31-59(115)97-71-83(131)77(125)51(39-109)143-89(71)137)35-65(121)102(32-60(116)98-72-84(132)78(126)52(40-110)144-90(72)138)33-61(117)99-73-85(133)79(127)53(41-111)145-91(73)139/h5-23,48-53,68-91,106-111,122-139H,24-41H2,1-4H3,(H5-,94,95,96,97,98,99,112,113,114,115,116,117)/p+1/t48-,49-,50-,51-,52-,53-,68-,69-,70-,71-,72-,73-,74+,75+,76-,77+,78+,79?,80+,81+,82+,83+,84+,85+,86-,87-,88-,89+,90-,91-/m0/s1. The molecular weight excluding hydrogens is 1930 g/mol. The number of hydrogen-bond donors (Lipinski definition) is 30. The topological polar surface area (TPSA) is 803 Å². The third-order valence-electron chi connectivity index (χ3n) is 27.0. The molecular formula is C93H127N12O40+. The Kier molecular flexibility index (Phi) is 38.2. The number of carbonyl (C=O) groups excluding carboxylic acids is 10. The molecule has 12 rings (SSSR count). The molecule has 30 N–H and O–H groups in total. The Morgan fingerprint density at radius 3 is 0.945 bits per heavy atom. The smallest absolute Gasteiger partial charge is 0.243 e. The zero-order chi connectivity index (χ0) is 106. The highest BCUT2D eigenvalue weighted by atomic mass is 16.7. The number of amides is 10. The van der Waals surface area contributed by atoms with E-state index in [0.717, 1.165) is 37.6 Å². The molecule has 0 bridgehead atoms. The third-order valence-corrected chi connectivity index (χ3v) is 27.0. The molecule has 8 aliphatic rings. The maximum Gasteiger partial charge on any atom is 0.243 e. The van der Waals surface area contributed by atoms with Gasteiger partial charge < -0.3 is 207 Å². The van der Waals surface area contributed by atoms with E-state index in [1.807, 2.05) is 80.8 Å². The Balaban J connectivity index is 0.866. The van der Waals surface area contributed by atoms with Crippen LogP contribution in [-0.2, 0) is 87.2 Å². The molecule has 145 heavy (non-hydrogen) atoms. The molecule has 798 valence electrons. The van der Waals surface area contributed by atoms with Gasteiger partial charge in [0.25, 0.3) is 0 Å². The zero-order valence-electron chi connectivity index (χ0n) is 79.0. The first-order chi connectivity index (χ1) is 68.7. The molecule has 6 saturated heterocycles. The predicted molar refractivity (Wildman–Crippen MR) is 494 cm³/mol. The highest BCUT2D eigenvalue weighted by Crippen LogP contribution is 2.51. The molecule has 10 amide bonds. The number of nitrogens with one attached hydrogen (secondary N) is 6. The highest BCUT2D eigenvalue weighted by molar-refractivity contribution is 6.08. The predicted octanol–water partition coefficient (Wildman–Crippen LogP) is -14.7. The molecule has 8 heterocycles. The Bertz CT molecular complexity index is 5170. The van der Waals surface area contributed by atoms with Crippen LogP contribution in [0.4, 0.5) is 11.4 Å². The largest absolute Gasteiger partial charge is 0.394 e. The molecule has 30 atom stereocenters. The summed E-state index contributed by atoms with van der Waals surface area (Å²) in [5, 5.41) is 271. The minimum Gasteiger partial charge on any atom is -0.394 e. The van der Waals surface area contributed by atoms with Crippen LogP contribution in [0, 0.1) is 0 Å². The van der Waals surface area contributed by atoms with Gasteiger partial charge in [0.2, 0.25) is 64.8 Å². The maximum absolute atomic E-state index is 15.8. The van der Waals surface area contributed by atoms with E-state index in [9.17, 15) is 156 Å². The van der Waals surface area contributed by atoms with Crippen molar-refractivity contribution < 1.29 is 203 Å². The van der Waals surface area contributed by atoms with Gasteiger partial charge in [0.1, 0.15) is 198 Å². The summed E-state index contributed by atoms with van der Waals surface area (Å²) in [5.74, 6) is -12.7. The Hall–Kier alpha value is -10.7. The molecule has 0 radical (unpaired) electrons. The zero-order valence-corrected chi connectivity index (χ0v) is 79.0. The second-order valence-electron chi connectivity index (χ2n) is 37.4. The normalized spacial score (nSPS) is 32.6. The maximum atomic E-state index is 15.8. The summed E-state index contributed by atoms with van der Waals surface area (Å²) in [7, 11) is 0.